The van der Waals surface area contributed by atoms with E-state index in [9.17, 15) is 17.6 Å². The van der Waals surface area contributed by atoms with Crippen molar-refractivity contribution in [2.24, 2.45) is 5.92 Å². The standard InChI is InChI=1S/C21H24ClFN2O4S/c1-2-29-19-10-7-17(22)12-20(19)30(27,28)25-11-3-4-16(14-25)21(26)24-13-15-5-8-18(23)9-6-15/h5-10,12,16H,2-4,11,13-14H2,1H3,(H,24,26)/t16-/m0/s1. The summed E-state index contributed by atoms with van der Waals surface area (Å²) in [5.74, 6) is -0.797. The molecule has 0 unspecified atom stereocenters. The predicted octanol–water partition coefficient (Wildman–Crippen LogP) is 3.59. The Bertz CT molecular complexity index is 999. The van der Waals surface area contributed by atoms with Crippen molar-refractivity contribution in [3.8, 4) is 5.75 Å². The summed E-state index contributed by atoms with van der Waals surface area (Å²) in [5, 5.41) is 3.11. The van der Waals surface area contributed by atoms with Gasteiger partial charge in [-0.3, -0.25) is 4.79 Å². The van der Waals surface area contributed by atoms with E-state index in [0.29, 0.717) is 31.0 Å². The minimum Gasteiger partial charge on any atom is -0.492 e. The van der Waals surface area contributed by atoms with Gasteiger partial charge in [0, 0.05) is 24.7 Å². The fourth-order valence-corrected chi connectivity index (χ4v) is 5.33. The number of carbonyl (C=O) groups excluding carboxylic acids is 1. The van der Waals surface area contributed by atoms with Crippen molar-refractivity contribution < 1.29 is 22.3 Å². The maximum absolute atomic E-state index is 13.2. The molecule has 0 radical (unpaired) electrons. The van der Waals surface area contributed by atoms with Crippen LogP contribution in [0.15, 0.2) is 47.4 Å². The number of halogens is 2. The molecule has 2 aromatic rings. The van der Waals surface area contributed by atoms with Crippen LogP contribution in [0, 0.1) is 11.7 Å². The molecule has 0 saturated carbocycles. The van der Waals surface area contributed by atoms with E-state index in [2.05, 4.69) is 5.32 Å². The van der Waals surface area contributed by atoms with Gasteiger partial charge in [-0.2, -0.15) is 4.31 Å². The molecule has 30 heavy (non-hydrogen) atoms. The van der Waals surface area contributed by atoms with Crippen molar-refractivity contribution in [2.75, 3.05) is 19.7 Å². The maximum atomic E-state index is 13.2. The Kier molecular flexibility index (Phi) is 7.33. The quantitative estimate of drug-likeness (QED) is 0.693. The van der Waals surface area contributed by atoms with Crippen LogP contribution < -0.4 is 10.1 Å². The van der Waals surface area contributed by atoms with Crippen LogP contribution in [-0.2, 0) is 21.4 Å². The zero-order valence-corrected chi connectivity index (χ0v) is 18.2. The van der Waals surface area contributed by atoms with E-state index < -0.39 is 15.9 Å². The van der Waals surface area contributed by atoms with Gasteiger partial charge in [0.05, 0.1) is 12.5 Å². The van der Waals surface area contributed by atoms with Crippen LogP contribution in [0.1, 0.15) is 25.3 Å². The highest BCUT2D eigenvalue weighted by Gasteiger charge is 2.35. The average Bonchev–Trinajstić information content (AvgIpc) is 2.74. The Morgan fingerprint density at radius 1 is 1.27 bits per heavy atom. The van der Waals surface area contributed by atoms with Crippen LogP contribution in [0.4, 0.5) is 4.39 Å². The lowest BCUT2D eigenvalue weighted by Gasteiger charge is -2.31. The van der Waals surface area contributed by atoms with Gasteiger partial charge in [-0.1, -0.05) is 23.7 Å². The molecule has 1 atom stereocenters. The zero-order valence-electron chi connectivity index (χ0n) is 16.6. The number of amides is 1. The molecule has 1 heterocycles. The van der Waals surface area contributed by atoms with Gasteiger partial charge in [0.15, 0.2) is 0 Å². The molecule has 1 aliphatic heterocycles. The molecule has 6 nitrogen and oxygen atoms in total. The average molecular weight is 455 g/mol. The summed E-state index contributed by atoms with van der Waals surface area (Å²) < 4.78 is 46.3. The van der Waals surface area contributed by atoms with Crippen LogP contribution >= 0.6 is 11.6 Å². The second kappa shape index (κ2) is 9.76. The highest BCUT2D eigenvalue weighted by Crippen LogP contribution is 2.32. The fourth-order valence-electron chi connectivity index (χ4n) is 3.41. The van der Waals surface area contributed by atoms with E-state index in [1.54, 1.807) is 25.1 Å². The number of hydrogen-bond donors (Lipinski definition) is 1. The maximum Gasteiger partial charge on any atom is 0.246 e. The summed E-state index contributed by atoms with van der Waals surface area (Å²) in [5.41, 5.74) is 0.769. The molecule has 1 aliphatic rings. The summed E-state index contributed by atoms with van der Waals surface area (Å²) in [6.45, 7) is 2.74. The summed E-state index contributed by atoms with van der Waals surface area (Å²) in [7, 11) is -3.87. The smallest absolute Gasteiger partial charge is 0.246 e. The predicted molar refractivity (Wildman–Crippen MR) is 112 cm³/mol. The minimum atomic E-state index is -3.87. The molecular weight excluding hydrogens is 431 g/mol. The minimum absolute atomic E-state index is 0.00391. The molecule has 1 N–H and O–H groups in total. The molecule has 0 bridgehead atoms. The molecule has 162 valence electrons. The first-order valence-corrected chi connectivity index (χ1v) is 11.6. The van der Waals surface area contributed by atoms with Gasteiger partial charge in [-0.05, 0) is 55.7 Å². The summed E-state index contributed by atoms with van der Waals surface area (Å²) in [6, 6.07) is 10.3. The normalized spacial score (nSPS) is 17.5. The Morgan fingerprint density at radius 3 is 2.70 bits per heavy atom. The number of hydrogen-bond acceptors (Lipinski definition) is 4. The van der Waals surface area contributed by atoms with Crippen molar-refractivity contribution in [3.63, 3.8) is 0 Å². The first-order valence-electron chi connectivity index (χ1n) is 9.76. The van der Waals surface area contributed by atoms with Crippen molar-refractivity contribution >= 4 is 27.5 Å². The topological polar surface area (TPSA) is 75.7 Å². The van der Waals surface area contributed by atoms with Crippen molar-refractivity contribution in [3.05, 3.63) is 58.9 Å². The third-order valence-corrected chi connectivity index (χ3v) is 7.08. The van der Waals surface area contributed by atoms with Crippen molar-refractivity contribution in [1.29, 1.82) is 0 Å². The molecule has 0 spiro atoms. The third kappa shape index (κ3) is 5.30. The first kappa shape index (κ1) is 22.5. The summed E-state index contributed by atoms with van der Waals surface area (Å²) in [6.07, 6.45) is 1.16. The SMILES string of the molecule is CCOc1ccc(Cl)cc1S(=O)(=O)N1CCC[C@H](C(=O)NCc2ccc(F)cc2)C1. The van der Waals surface area contributed by atoms with Crippen LogP contribution in [0.3, 0.4) is 0 Å². The molecule has 1 fully saturated rings. The zero-order chi connectivity index (χ0) is 21.7. The molecule has 1 saturated heterocycles. The Hall–Kier alpha value is -2.16. The molecular formula is C21H24ClFN2O4S. The van der Waals surface area contributed by atoms with E-state index in [0.717, 1.165) is 5.56 Å². The van der Waals surface area contributed by atoms with Gasteiger partial charge in [-0.25, -0.2) is 12.8 Å². The second-order valence-corrected chi connectivity index (χ2v) is 9.41. The molecule has 0 aliphatic carbocycles. The number of rotatable bonds is 7. The van der Waals surface area contributed by atoms with Crippen LogP contribution in [-0.4, -0.2) is 38.3 Å². The number of ether oxygens (including phenoxy) is 1. The number of piperidine rings is 1. The Morgan fingerprint density at radius 2 is 2.00 bits per heavy atom. The number of benzene rings is 2. The number of nitrogens with one attached hydrogen (secondary N) is 1. The first-order chi connectivity index (χ1) is 14.3. The second-order valence-electron chi connectivity index (χ2n) is 7.07. The largest absolute Gasteiger partial charge is 0.492 e. The van der Waals surface area contributed by atoms with E-state index in [-0.39, 0.29) is 35.5 Å². The van der Waals surface area contributed by atoms with Gasteiger partial charge < -0.3 is 10.1 Å². The number of nitrogens with zero attached hydrogens (tertiary/aromatic N) is 1. The van der Waals surface area contributed by atoms with Gasteiger partial charge in [0.25, 0.3) is 0 Å². The van der Waals surface area contributed by atoms with Crippen LogP contribution in [0.2, 0.25) is 5.02 Å². The van der Waals surface area contributed by atoms with E-state index >= 15 is 0 Å². The summed E-state index contributed by atoms with van der Waals surface area (Å²) >= 11 is 6.02. The highest BCUT2D eigenvalue weighted by molar-refractivity contribution is 7.89. The van der Waals surface area contributed by atoms with Gasteiger partial charge >= 0.3 is 0 Å². The monoisotopic (exact) mass is 454 g/mol. The molecule has 9 heteroatoms. The third-order valence-electron chi connectivity index (χ3n) is 4.96. The van der Waals surface area contributed by atoms with Crippen LogP contribution in [0.5, 0.6) is 5.75 Å². The Labute approximate surface area is 181 Å². The number of carbonyl (C=O) groups is 1. The highest BCUT2D eigenvalue weighted by atomic mass is 35.5. The molecule has 3 rings (SSSR count). The van der Waals surface area contributed by atoms with Gasteiger partial charge in [0.2, 0.25) is 15.9 Å². The lowest BCUT2D eigenvalue weighted by molar-refractivity contribution is -0.126. The van der Waals surface area contributed by atoms with Crippen molar-refractivity contribution in [1.82, 2.24) is 9.62 Å². The number of sulfonamides is 1. The van der Waals surface area contributed by atoms with E-state index in [4.69, 9.17) is 16.3 Å². The van der Waals surface area contributed by atoms with Gasteiger partial charge in [0.1, 0.15) is 16.5 Å². The van der Waals surface area contributed by atoms with Crippen LogP contribution in [0.25, 0.3) is 0 Å². The lowest BCUT2D eigenvalue weighted by atomic mass is 9.99. The van der Waals surface area contributed by atoms with Crippen molar-refractivity contribution in [2.45, 2.75) is 31.2 Å². The Balaban J connectivity index is 1.71. The van der Waals surface area contributed by atoms with E-state index in [1.807, 2.05) is 0 Å². The van der Waals surface area contributed by atoms with Gasteiger partial charge in [-0.15, -0.1) is 0 Å². The molecule has 0 aromatic heterocycles. The molecule has 2 aromatic carbocycles. The fraction of sp³-hybridized carbons (Fsp3) is 0.381. The lowest BCUT2D eigenvalue weighted by Crippen LogP contribution is -2.45. The summed E-state index contributed by atoms with van der Waals surface area (Å²) in [4.78, 5) is 12.6. The molecule has 1 amide bonds. The van der Waals surface area contributed by atoms with E-state index in [1.165, 1.54) is 28.6 Å².